The molecule has 3 rings (SSSR count). The van der Waals surface area contributed by atoms with E-state index in [1.807, 2.05) is 38.1 Å². The van der Waals surface area contributed by atoms with Crippen LogP contribution in [0.5, 0.6) is 5.75 Å². The van der Waals surface area contributed by atoms with Crippen LogP contribution in [0.4, 0.5) is 5.69 Å². The molecule has 0 radical (unpaired) electrons. The number of hydrogen-bond acceptors (Lipinski definition) is 3. The minimum absolute atomic E-state index is 0.315. The maximum absolute atomic E-state index is 13.1. The van der Waals surface area contributed by atoms with Gasteiger partial charge in [-0.3, -0.25) is 4.31 Å². The Morgan fingerprint density at radius 2 is 1.96 bits per heavy atom. The van der Waals surface area contributed by atoms with Crippen LogP contribution in [-0.2, 0) is 16.4 Å². The van der Waals surface area contributed by atoms with E-state index in [-0.39, 0.29) is 0 Å². The van der Waals surface area contributed by atoms with Crippen LogP contribution < -0.4 is 9.04 Å². The van der Waals surface area contributed by atoms with Crippen molar-refractivity contribution in [3.8, 4) is 5.75 Å². The van der Waals surface area contributed by atoms with Gasteiger partial charge in [-0.05, 0) is 62.1 Å². The number of aryl methyl sites for hydroxylation is 2. The third kappa shape index (κ3) is 2.93. The fourth-order valence-electron chi connectivity index (χ4n) is 2.98. The second kappa shape index (κ2) is 6.24. The Morgan fingerprint density at radius 3 is 2.70 bits per heavy atom. The summed E-state index contributed by atoms with van der Waals surface area (Å²) in [5, 5.41) is 0. The molecule has 1 heterocycles. The Bertz CT molecular complexity index is 815. The molecular formula is C18H21NO3S. The highest BCUT2D eigenvalue weighted by atomic mass is 32.2. The quantitative estimate of drug-likeness (QED) is 0.861. The molecule has 4 nitrogen and oxygen atoms in total. The first-order valence-corrected chi connectivity index (χ1v) is 9.32. The molecule has 0 aliphatic carbocycles. The number of hydrogen-bond donors (Lipinski definition) is 0. The van der Waals surface area contributed by atoms with Crippen LogP contribution in [0.1, 0.15) is 24.5 Å². The fraction of sp³-hybridized carbons (Fsp3) is 0.333. The molecule has 0 saturated heterocycles. The number of rotatable bonds is 4. The first kappa shape index (κ1) is 15.9. The molecule has 5 heteroatoms. The summed E-state index contributed by atoms with van der Waals surface area (Å²) >= 11 is 0. The minimum Gasteiger partial charge on any atom is -0.494 e. The maximum Gasteiger partial charge on any atom is 0.264 e. The van der Waals surface area contributed by atoms with E-state index in [4.69, 9.17) is 4.74 Å². The van der Waals surface area contributed by atoms with E-state index in [1.54, 1.807) is 18.2 Å². The average Bonchev–Trinajstić information content (AvgIpc) is 2.56. The lowest BCUT2D eigenvalue weighted by Crippen LogP contribution is -2.35. The van der Waals surface area contributed by atoms with Crippen molar-refractivity contribution in [2.45, 2.75) is 31.6 Å². The molecule has 0 unspecified atom stereocenters. The zero-order chi connectivity index (χ0) is 16.4. The van der Waals surface area contributed by atoms with E-state index in [1.165, 1.54) is 4.31 Å². The molecule has 122 valence electrons. The third-order valence-electron chi connectivity index (χ3n) is 4.10. The van der Waals surface area contributed by atoms with Crippen LogP contribution in [-0.4, -0.2) is 21.6 Å². The summed E-state index contributed by atoms with van der Waals surface area (Å²) in [6.07, 6.45) is 1.76. The van der Waals surface area contributed by atoms with Crippen molar-refractivity contribution in [1.82, 2.24) is 0 Å². The lowest BCUT2D eigenvalue weighted by Gasteiger charge is -2.30. The largest absolute Gasteiger partial charge is 0.494 e. The highest BCUT2D eigenvalue weighted by Gasteiger charge is 2.29. The SMILES string of the molecule is CCOc1ccc(S(=O)(=O)N2CCCc3ccccc32)cc1C. The first-order valence-electron chi connectivity index (χ1n) is 7.88. The summed E-state index contributed by atoms with van der Waals surface area (Å²) in [6.45, 7) is 4.86. The summed E-state index contributed by atoms with van der Waals surface area (Å²) in [5.74, 6) is 0.727. The molecule has 0 fully saturated rings. The van der Waals surface area contributed by atoms with Gasteiger partial charge in [-0.25, -0.2) is 8.42 Å². The molecule has 1 aliphatic rings. The summed E-state index contributed by atoms with van der Waals surface area (Å²) in [4.78, 5) is 0.315. The predicted molar refractivity (Wildman–Crippen MR) is 91.6 cm³/mol. The van der Waals surface area contributed by atoms with Crippen molar-refractivity contribution in [3.63, 3.8) is 0 Å². The second-order valence-corrected chi connectivity index (χ2v) is 7.53. The van der Waals surface area contributed by atoms with Crippen LogP contribution >= 0.6 is 0 Å². The van der Waals surface area contributed by atoms with Gasteiger partial charge in [0, 0.05) is 6.54 Å². The van der Waals surface area contributed by atoms with Crippen LogP contribution in [0.25, 0.3) is 0 Å². The van der Waals surface area contributed by atoms with Gasteiger partial charge in [-0.1, -0.05) is 18.2 Å². The Balaban J connectivity index is 2.01. The highest BCUT2D eigenvalue weighted by molar-refractivity contribution is 7.92. The van der Waals surface area contributed by atoms with Gasteiger partial charge in [0.2, 0.25) is 0 Å². The Hall–Kier alpha value is -2.01. The number of anilines is 1. The zero-order valence-electron chi connectivity index (χ0n) is 13.5. The fourth-order valence-corrected chi connectivity index (χ4v) is 4.60. The van der Waals surface area contributed by atoms with Crippen molar-refractivity contribution in [2.24, 2.45) is 0 Å². The van der Waals surface area contributed by atoms with E-state index in [9.17, 15) is 8.42 Å². The van der Waals surface area contributed by atoms with Crippen LogP contribution in [0.2, 0.25) is 0 Å². The Labute approximate surface area is 137 Å². The third-order valence-corrected chi connectivity index (χ3v) is 5.91. The average molecular weight is 331 g/mol. The van der Waals surface area contributed by atoms with Gasteiger partial charge in [0.1, 0.15) is 5.75 Å². The van der Waals surface area contributed by atoms with E-state index in [2.05, 4.69) is 0 Å². The van der Waals surface area contributed by atoms with Crippen molar-refractivity contribution in [1.29, 1.82) is 0 Å². The molecule has 0 spiro atoms. The first-order chi connectivity index (χ1) is 11.0. The van der Waals surface area contributed by atoms with Crippen molar-refractivity contribution < 1.29 is 13.2 Å². The van der Waals surface area contributed by atoms with Gasteiger partial charge in [-0.2, -0.15) is 0 Å². The standard InChI is InChI=1S/C18H21NO3S/c1-3-22-18-11-10-16(13-14(18)2)23(20,21)19-12-6-8-15-7-4-5-9-17(15)19/h4-5,7,9-11,13H,3,6,8,12H2,1-2H3. The summed E-state index contributed by atoms with van der Waals surface area (Å²) in [7, 11) is -3.55. The van der Waals surface area contributed by atoms with E-state index >= 15 is 0 Å². The summed E-state index contributed by atoms with van der Waals surface area (Å²) < 4.78 is 33.1. The van der Waals surface area contributed by atoms with Gasteiger partial charge >= 0.3 is 0 Å². The Kier molecular flexibility index (Phi) is 4.31. The van der Waals surface area contributed by atoms with Crippen molar-refractivity contribution in [3.05, 3.63) is 53.6 Å². The molecule has 0 atom stereocenters. The van der Waals surface area contributed by atoms with Crippen LogP contribution in [0.3, 0.4) is 0 Å². The molecule has 1 aliphatic heterocycles. The van der Waals surface area contributed by atoms with Crippen molar-refractivity contribution >= 4 is 15.7 Å². The molecule has 0 saturated carbocycles. The zero-order valence-corrected chi connectivity index (χ0v) is 14.3. The van der Waals surface area contributed by atoms with Crippen LogP contribution in [0, 0.1) is 6.92 Å². The highest BCUT2D eigenvalue weighted by Crippen LogP contribution is 2.32. The lowest BCUT2D eigenvalue weighted by atomic mass is 10.0. The molecule has 0 amide bonds. The second-order valence-electron chi connectivity index (χ2n) is 5.67. The summed E-state index contributed by atoms with van der Waals surface area (Å²) in [5.41, 5.74) is 2.72. The normalized spacial score (nSPS) is 14.4. The van der Waals surface area contributed by atoms with Gasteiger partial charge in [0.25, 0.3) is 10.0 Å². The molecule has 0 bridgehead atoms. The number of ether oxygens (including phenoxy) is 1. The number of fused-ring (bicyclic) bond motifs is 1. The van der Waals surface area contributed by atoms with Gasteiger partial charge in [0.05, 0.1) is 17.2 Å². The van der Waals surface area contributed by atoms with Crippen molar-refractivity contribution in [2.75, 3.05) is 17.5 Å². The van der Waals surface area contributed by atoms with E-state index < -0.39 is 10.0 Å². The van der Waals surface area contributed by atoms with Gasteiger partial charge in [0.15, 0.2) is 0 Å². The molecule has 2 aromatic rings. The molecule has 2 aromatic carbocycles. The predicted octanol–water partition coefficient (Wildman–Crippen LogP) is 3.54. The van der Waals surface area contributed by atoms with E-state index in [0.29, 0.717) is 18.0 Å². The maximum atomic E-state index is 13.1. The number of para-hydroxylation sites is 1. The number of benzene rings is 2. The number of sulfonamides is 1. The lowest BCUT2D eigenvalue weighted by molar-refractivity contribution is 0.337. The minimum atomic E-state index is -3.55. The van der Waals surface area contributed by atoms with Crippen LogP contribution in [0.15, 0.2) is 47.4 Å². The van der Waals surface area contributed by atoms with Gasteiger partial charge < -0.3 is 4.74 Å². The molecular weight excluding hydrogens is 310 g/mol. The number of nitrogens with zero attached hydrogens (tertiary/aromatic N) is 1. The molecule has 0 N–H and O–H groups in total. The Morgan fingerprint density at radius 1 is 1.17 bits per heavy atom. The molecule has 0 aromatic heterocycles. The topological polar surface area (TPSA) is 46.6 Å². The molecule has 23 heavy (non-hydrogen) atoms. The monoisotopic (exact) mass is 331 g/mol. The van der Waals surface area contributed by atoms with E-state index in [0.717, 1.165) is 35.4 Å². The smallest absolute Gasteiger partial charge is 0.264 e. The summed E-state index contributed by atoms with van der Waals surface area (Å²) in [6, 6.07) is 12.8. The van der Waals surface area contributed by atoms with Gasteiger partial charge in [-0.15, -0.1) is 0 Å².